The second-order valence-electron chi connectivity index (χ2n) is 4.90. The Labute approximate surface area is 156 Å². The van der Waals surface area contributed by atoms with Gasteiger partial charge in [-0.2, -0.15) is 0 Å². The molecule has 0 aliphatic carbocycles. The van der Waals surface area contributed by atoms with Crippen LogP contribution in [0.5, 0.6) is 0 Å². The van der Waals surface area contributed by atoms with Crippen LogP contribution in [0.15, 0.2) is 47.1 Å². The maximum Gasteiger partial charge on any atom is 0.363 e. The van der Waals surface area contributed by atoms with Crippen LogP contribution in [0.4, 0.5) is 5.69 Å². The van der Waals surface area contributed by atoms with E-state index in [0.717, 1.165) is 0 Å². The van der Waals surface area contributed by atoms with Gasteiger partial charge in [-0.25, -0.2) is 9.79 Å². The van der Waals surface area contributed by atoms with Gasteiger partial charge in [0.25, 0.3) is 5.69 Å². The molecule has 0 aromatic heterocycles. The number of aliphatic imine (C=N–C) groups is 1. The summed E-state index contributed by atoms with van der Waals surface area (Å²) in [5.41, 5.74) is 0.399. The van der Waals surface area contributed by atoms with Crippen LogP contribution in [0.2, 0.25) is 15.1 Å². The number of cyclic esters (lactones) is 1. The van der Waals surface area contributed by atoms with Crippen LogP contribution in [-0.4, -0.2) is 16.8 Å². The lowest BCUT2D eigenvalue weighted by molar-refractivity contribution is -0.384. The summed E-state index contributed by atoms with van der Waals surface area (Å²) in [6.45, 7) is 0. The summed E-state index contributed by atoms with van der Waals surface area (Å²) < 4.78 is 5.08. The van der Waals surface area contributed by atoms with E-state index in [9.17, 15) is 14.9 Å². The average molecular weight is 398 g/mol. The van der Waals surface area contributed by atoms with E-state index in [2.05, 4.69) is 4.99 Å². The zero-order chi connectivity index (χ0) is 18.1. The third-order valence-electron chi connectivity index (χ3n) is 3.29. The number of nitrogens with zero attached hydrogens (tertiary/aromatic N) is 2. The summed E-state index contributed by atoms with van der Waals surface area (Å²) in [4.78, 5) is 26.4. The van der Waals surface area contributed by atoms with Crippen molar-refractivity contribution in [2.24, 2.45) is 4.99 Å². The van der Waals surface area contributed by atoms with E-state index < -0.39 is 10.9 Å². The van der Waals surface area contributed by atoms with Gasteiger partial charge in [-0.05, 0) is 23.8 Å². The number of hydrogen-bond donors (Lipinski definition) is 0. The molecular formula is C16H7Cl3N2O4. The highest BCUT2D eigenvalue weighted by atomic mass is 35.5. The highest BCUT2D eigenvalue weighted by Crippen LogP contribution is 2.30. The van der Waals surface area contributed by atoms with Gasteiger partial charge >= 0.3 is 5.97 Å². The Bertz CT molecular complexity index is 970. The van der Waals surface area contributed by atoms with E-state index in [-0.39, 0.29) is 32.9 Å². The fraction of sp³-hybridized carbons (Fsp3) is 0. The molecule has 6 nitrogen and oxygen atoms in total. The zero-order valence-corrected chi connectivity index (χ0v) is 14.5. The molecular weight excluding hydrogens is 391 g/mol. The lowest BCUT2D eigenvalue weighted by Crippen LogP contribution is -2.06. The van der Waals surface area contributed by atoms with Crippen molar-refractivity contribution in [1.29, 1.82) is 0 Å². The first kappa shape index (κ1) is 17.4. The van der Waals surface area contributed by atoms with E-state index >= 15 is 0 Å². The number of carbonyl (C=O) groups excluding carboxylic acids is 1. The molecule has 2 aromatic carbocycles. The Morgan fingerprint density at radius 2 is 1.88 bits per heavy atom. The van der Waals surface area contributed by atoms with Crippen LogP contribution in [-0.2, 0) is 9.53 Å². The standard InChI is InChI=1S/C16H7Cl3N2O4/c17-11-5-4-9(21(23)24)7-10(11)15-20-13(16(22)25-15)6-8-2-1-3-12(18)14(8)19/h1-7H/b13-6+. The Balaban J connectivity index is 2.04. The van der Waals surface area contributed by atoms with Crippen molar-refractivity contribution in [1.82, 2.24) is 0 Å². The van der Waals surface area contributed by atoms with Gasteiger partial charge in [0.05, 0.1) is 25.6 Å². The van der Waals surface area contributed by atoms with Gasteiger partial charge in [-0.15, -0.1) is 0 Å². The van der Waals surface area contributed by atoms with E-state index in [0.29, 0.717) is 10.6 Å². The van der Waals surface area contributed by atoms with Gasteiger partial charge in [0, 0.05) is 12.1 Å². The number of benzene rings is 2. The highest BCUT2D eigenvalue weighted by molar-refractivity contribution is 6.43. The van der Waals surface area contributed by atoms with Crippen molar-refractivity contribution in [3.8, 4) is 0 Å². The fourth-order valence-corrected chi connectivity index (χ4v) is 2.66. The molecule has 1 aliphatic heterocycles. The normalized spacial score (nSPS) is 15.2. The molecule has 9 heteroatoms. The third kappa shape index (κ3) is 3.51. The molecule has 126 valence electrons. The minimum Gasteiger partial charge on any atom is -0.402 e. The SMILES string of the molecule is O=C1OC(c2cc([N+](=O)[O-])ccc2Cl)=N/C1=C/c1cccc(Cl)c1Cl. The molecule has 0 radical (unpaired) electrons. The van der Waals surface area contributed by atoms with Gasteiger partial charge in [0.15, 0.2) is 5.70 Å². The monoisotopic (exact) mass is 396 g/mol. The van der Waals surface area contributed by atoms with Gasteiger partial charge in [-0.3, -0.25) is 10.1 Å². The topological polar surface area (TPSA) is 81.8 Å². The molecule has 0 unspecified atom stereocenters. The van der Waals surface area contributed by atoms with Gasteiger partial charge < -0.3 is 4.74 Å². The van der Waals surface area contributed by atoms with Gasteiger partial charge in [0.1, 0.15) is 0 Å². The largest absolute Gasteiger partial charge is 0.402 e. The van der Waals surface area contributed by atoms with Crippen molar-refractivity contribution >= 4 is 58.4 Å². The number of rotatable bonds is 3. The molecule has 0 bridgehead atoms. The predicted octanol–water partition coefficient (Wildman–Crippen LogP) is 4.90. The second kappa shape index (κ2) is 6.84. The minimum atomic E-state index is -0.728. The molecule has 0 spiro atoms. The van der Waals surface area contributed by atoms with E-state index in [1.807, 2.05) is 0 Å². The van der Waals surface area contributed by atoms with Crippen molar-refractivity contribution < 1.29 is 14.5 Å². The Kier molecular flexibility index (Phi) is 4.76. The first-order valence-corrected chi connectivity index (χ1v) is 7.91. The number of ether oxygens (including phenoxy) is 1. The van der Waals surface area contributed by atoms with Crippen molar-refractivity contribution in [3.63, 3.8) is 0 Å². The Hall–Kier alpha value is -2.41. The van der Waals surface area contributed by atoms with E-state index in [4.69, 9.17) is 39.5 Å². The number of carbonyl (C=O) groups is 1. The molecule has 2 aromatic rings. The Morgan fingerprint density at radius 3 is 2.60 bits per heavy atom. The van der Waals surface area contributed by atoms with Crippen LogP contribution in [0.3, 0.4) is 0 Å². The first-order valence-electron chi connectivity index (χ1n) is 6.77. The molecule has 25 heavy (non-hydrogen) atoms. The zero-order valence-electron chi connectivity index (χ0n) is 12.2. The predicted molar refractivity (Wildman–Crippen MR) is 95.2 cm³/mol. The van der Waals surface area contributed by atoms with Gasteiger partial charge in [-0.1, -0.05) is 46.9 Å². The summed E-state index contributed by atoms with van der Waals surface area (Å²) in [6, 6.07) is 8.69. The van der Waals surface area contributed by atoms with Crippen LogP contribution < -0.4 is 0 Å². The van der Waals surface area contributed by atoms with Crippen molar-refractivity contribution in [2.75, 3.05) is 0 Å². The fourth-order valence-electron chi connectivity index (χ4n) is 2.09. The maximum atomic E-state index is 12.0. The molecule has 1 heterocycles. The molecule has 3 rings (SSSR count). The molecule has 0 saturated carbocycles. The summed E-state index contributed by atoms with van der Waals surface area (Å²) in [5, 5.41) is 11.7. The highest BCUT2D eigenvalue weighted by Gasteiger charge is 2.27. The lowest BCUT2D eigenvalue weighted by atomic mass is 10.2. The maximum absolute atomic E-state index is 12.0. The third-order valence-corrected chi connectivity index (χ3v) is 4.45. The first-order chi connectivity index (χ1) is 11.9. The van der Waals surface area contributed by atoms with Crippen molar-refractivity contribution in [3.05, 3.63) is 78.4 Å². The molecule has 0 N–H and O–H groups in total. The minimum absolute atomic E-state index is 0.0262. The molecule has 0 saturated heterocycles. The van der Waals surface area contributed by atoms with Crippen LogP contribution >= 0.6 is 34.8 Å². The number of hydrogen-bond acceptors (Lipinski definition) is 5. The number of nitro benzene ring substituents is 1. The molecule has 0 atom stereocenters. The van der Waals surface area contributed by atoms with E-state index in [1.54, 1.807) is 18.2 Å². The lowest BCUT2D eigenvalue weighted by Gasteiger charge is -2.02. The smallest absolute Gasteiger partial charge is 0.363 e. The van der Waals surface area contributed by atoms with Crippen LogP contribution in [0.25, 0.3) is 6.08 Å². The second-order valence-corrected chi connectivity index (χ2v) is 6.09. The number of non-ortho nitro benzene ring substituents is 1. The Morgan fingerprint density at radius 1 is 1.12 bits per heavy atom. The van der Waals surface area contributed by atoms with Crippen LogP contribution in [0, 0.1) is 10.1 Å². The van der Waals surface area contributed by atoms with E-state index in [1.165, 1.54) is 24.3 Å². The molecule has 0 amide bonds. The summed E-state index contributed by atoms with van der Waals surface area (Å²) in [7, 11) is 0. The summed E-state index contributed by atoms with van der Waals surface area (Å²) in [6.07, 6.45) is 1.41. The number of esters is 1. The quantitative estimate of drug-likeness (QED) is 0.319. The molecule has 1 aliphatic rings. The number of nitro groups is 1. The van der Waals surface area contributed by atoms with Gasteiger partial charge in [0.2, 0.25) is 5.90 Å². The van der Waals surface area contributed by atoms with Crippen LogP contribution in [0.1, 0.15) is 11.1 Å². The average Bonchev–Trinajstić information content (AvgIpc) is 2.92. The number of halogens is 3. The van der Waals surface area contributed by atoms with Crippen molar-refractivity contribution in [2.45, 2.75) is 0 Å². The summed E-state index contributed by atoms with van der Waals surface area (Å²) in [5.74, 6) is -0.850. The molecule has 0 fully saturated rings. The summed E-state index contributed by atoms with van der Waals surface area (Å²) >= 11 is 18.0.